The summed E-state index contributed by atoms with van der Waals surface area (Å²) in [5.74, 6) is -0.809. The maximum absolute atomic E-state index is 13.8. The third-order valence-electron chi connectivity index (χ3n) is 3.15. The molecular weight excluding hydrogens is 313 g/mol. The summed E-state index contributed by atoms with van der Waals surface area (Å²) in [5, 5.41) is 5.04. The fourth-order valence-corrected chi connectivity index (χ4v) is 1.96. The highest BCUT2D eigenvalue weighted by atomic mass is 19.1. The lowest BCUT2D eigenvalue weighted by molar-refractivity contribution is -0.117. The molecule has 0 heterocycles. The highest BCUT2D eigenvalue weighted by molar-refractivity contribution is 5.93. The Hall–Kier alpha value is -2.15. The Morgan fingerprint density at radius 3 is 2.33 bits per heavy atom. The van der Waals surface area contributed by atoms with Crippen LogP contribution < -0.4 is 10.6 Å². The molecule has 0 unspecified atom stereocenters. The molecule has 7 heteroatoms. The number of benzene rings is 1. The Bertz CT molecular complexity index is 581. The van der Waals surface area contributed by atoms with Gasteiger partial charge in [0.15, 0.2) is 0 Å². The summed E-state index contributed by atoms with van der Waals surface area (Å²) in [6.07, 6.45) is -0.756. The number of rotatable bonds is 6. The third kappa shape index (κ3) is 6.95. The lowest BCUT2D eigenvalue weighted by Gasteiger charge is -2.20. The molecule has 2 N–H and O–H groups in total. The molecule has 2 amide bonds. The molecule has 0 aliphatic heterocycles. The number of nitrogens with one attached hydrogen (secondary N) is 2. The van der Waals surface area contributed by atoms with Crippen LogP contribution in [0.5, 0.6) is 0 Å². The zero-order valence-corrected chi connectivity index (χ0v) is 14.9. The van der Waals surface area contributed by atoms with Crippen molar-refractivity contribution >= 4 is 23.4 Å². The van der Waals surface area contributed by atoms with Crippen molar-refractivity contribution in [3.05, 3.63) is 24.0 Å². The SMILES string of the molecule is CCN(CC)CC(=O)Nc1ccc(F)c(NC(=O)OC(C)(C)C)c1. The van der Waals surface area contributed by atoms with Gasteiger partial charge in [0.25, 0.3) is 0 Å². The number of amides is 2. The summed E-state index contributed by atoms with van der Waals surface area (Å²) in [6.45, 7) is 10.9. The molecule has 24 heavy (non-hydrogen) atoms. The predicted octanol–water partition coefficient (Wildman–Crippen LogP) is 3.45. The standard InChI is InChI=1S/C17H26FN3O3/c1-6-21(7-2)11-15(22)19-12-8-9-13(18)14(10-12)20-16(23)24-17(3,4)5/h8-10H,6-7,11H2,1-5H3,(H,19,22)(H,20,23). The van der Waals surface area contributed by atoms with E-state index in [9.17, 15) is 14.0 Å². The third-order valence-corrected chi connectivity index (χ3v) is 3.15. The van der Waals surface area contributed by atoms with E-state index in [1.807, 2.05) is 18.7 Å². The summed E-state index contributed by atoms with van der Waals surface area (Å²) in [4.78, 5) is 25.7. The first-order chi connectivity index (χ1) is 11.1. The van der Waals surface area contributed by atoms with Gasteiger partial charge in [-0.05, 0) is 52.1 Å². The first kappa shape index (κ1) is 19.9. The van der Waals surface area contributed by atoms with Crippen LogP contribution in [0.2, 0.25) is 0 Å². The second kappa shape index (κ2) is 8.63. The molecule has 1 aromatic carbocycles. The number of anilines is 2. The monoisotopic (exact) mass is 339 g/mol. The van der Waals surface area contributed by atoms with Crippen molar-refractivity contribution in [2.45, 2.75) is 40.2 Å². The Labute approximate surface area is 142 Å². The van der Waals surface area contributed by atoms with Crippen molar-refractivity contribution in [1.29, 1.82) is 0 Å². The van der Waals surface area contributed by atoms with Gasteiger partial charge in [0.1, 0.15) is 11.4 Å². The molecule has 0 aliphatic rings. The number of likely N-dealkylation sites (N-methyl/N-ethyl adjacent to an activating group) is 1. The maximum atomic E-state index is 13.8. The largest absolute Gasteiger partial charge is 0.444 e. The first-order valence-corrected chi connectivity index (χ1v) is 7.96. The minimum atomic E-state index is -0.756. The van der Waals surface area contributed by atoms with Gasteiger partial charge in [-0.1, -0.05) is 13.8 Å². The lowest BCUT2D eigenvalue weighted by atomic mass is 10.2. The van der Waals surface area contributed by atoms with Gasteiger partial charge in [-0.25, -0.2) is 9.18 Å². The Morgan fingerprint density at radius 1 is 1.17 bits per heavy atom. The van der Waals surface area contributed by atoms with Crippen LogP contribution in [-0.2, 0) is 9.53 Å². The maximum Gasteiger partial charge on any atom is 0.412 e. The number of hydrogen-bond acceptors (Lipinski definition) is 4. The predicted molar refractivity (Wildman–Crippen MR) is 92.7 cm³/mol. The van der Waals surface area contributed by atoms with Gasteiger partial charge in [0.05, 0.1) is 12.2 Å². The molecule has 134 valence electrons. The molecule has 0 aliphatic carbocycles. The highest BCUT2D eigenvalue weighted by Gasteiger charge is 2.18. The van der Waals surface area contributed by atoms with Gasteiger partial charge < -0.3 is 10.1 Å². The molecule has 0 aromatic heterocycles. The van der Waals surface area contributed by atoms with E-state index < -0.39 is 17.5 Å². The lowest BCUT2D eigenvalue weighted by Crippen LogP contribution is -2.33. The Kier molecular flexibility index (Phi) is 7.16. The first-order valence-electron chi connectivity index (χ1n) is 7.96. The number of ether oxygens (including phenoxy) is 1. The van der Waals surface area contributed by atoms with E-state index in [2.05, 4.69) is 10.6 Å². The van der Waals surface area contributed by atoms with Crippen molar-refractivity contribution in [3.8, 4) is 0 Å². The molecule has 0 atom stereocenters. The van der Waals surface area contributed by atoms with Crippen LogP contribution in [0.1, 0.15) is 34.6 Å². The number of halogens is 1. The van der Waals surface area contributed by atoms with Crippen LogP contribution in [-0.4, -0.2) is 42.1 Å². The van der Waals surface area contributed by atoms with Gasteiger partial charge >= 0.3 is 6.09 Å². The van der Waals surface area contributed by atoms with Crippen LogP contribution in [0, 0.1) is 5.82 Å². The second-order valence-electron chi connectivity index (χ2n) is 6.33. The van der Waals surface area contributed by atoms with Gasteiger partial charge in [0.2, 0.25) is 5.91 Å². The smallest absolute Gasteiger partial charge is 0.412 e. The normalized spacial score (nSPS) is 11.3. The van der Waals surface area contributed by atoms with Gasteiger partial charge in [-0.2, -0.15) is 0 Å². The summed E-state index contributed by atoms with van der Waals surface area (Å²) in [7, 11) is 0. The quantitative estimate of drug-likeness (QED) is 0.833. The van der Waals surface area contributed by atoms with Crippen molar-refractivity contribution in [2.24, 2.45) is 0 Å². The average molecular weight is 339 g/mol. The molecule has 0 saturated carbocycles. The Balaban J connectivity index is 2.75. The molecule has 6 nitrogen and oxygen atoms in total. The van der Waals surface area contributed by atoms with Crippen LogP contribution in [0.25, 0.3) is 0 Å². The number of hydrogen-bond donors (Lipinski definition) is 2. The summed E-state index contributed by atoms with van der Waals surface area (Å²) >= 11 is 0. The molecular formula is C17H26FN3O3. The fraction of sp³-hybridized carbons (Fsp3) is 0.529. The van der Waals surface area contributed by atoms with Gasteiger partial charge in [-0.3, -0.25) is 15.0 Å². The highest BCUT2D eigenvalue weighted by Crippen LogP contribution is 2.20. The Morgan fingerprint density at radius 2 is 1.79 bits per heavy atom. The fourth-order valence-electron chi connectivity index (χ4n) is 1.96. The number of nitrogens with zero attached hydrogens (tertiary/aromatic N) is 1. The van der Waals surface area contributed by atoms with Gasteiger partial charge in [0, 0.05) is 5.69 Å². The van der Waals surface area contributed by atoms with E-state index in [0.29, 0.717) is 5.69 Å². The van der Waals surface area contributed by atoms with Crippen LogP contribution >= 0.6 is 0 Å². The van der Waals surface area contributed by atoms with E-state index in [0.717, 1.165) is 13.1 Å². The van der Waals surface area contributed by atoms with E-state index >= 15 is 0 Å². The summed E-state index contributed by atoms with van der Waals surface area (Å²) in [6, 6.07) is 3.98. The van der Waals surface area contributed by atoms with Crippen LogP contribution in [0.3, 0.4) is 0 Å². The van der Waals surface area contributed by atoms with E-state index in [4.69, 9.17) is 4.74 Å². The molecule has 0 fully saturated rings. The molecule has 0 spiro atoms. The number of carbonyl (C=O) groups excluding carboxylic acids is 2. The second-order valence-corrected chi connectivity index (χ2v) is 6.33. The average Bonchev–Trinajstić information content (AvgIpc) is 2.46. The minimum absolute atomic E-state index is 0.0510. The van der Waals surface area contributed by atoms with Gasteiger partial charge in [-0.15, -0.1) is 0 Å². The zero-order chi connectivity index (χ0) is 18.3. The summed E-state index contributed by atoms with van der Waals surface area (Å²) in [5.41, 5.74) is -0.333. The van der Waals surface area contributed by atoms with E-state index in [-0.39, 0.29) is 18.1 Å². The van der Waals surface area contributed by atoms with Crippen molar-refractivity contribution in [3.63, 3.8) is 0 Å². The minimum Gasteiger partial charge on any atom is -0.444 e. The summed E-state index contributed by atoms with van der Waals surface area (Å²) < 4.78 is 18.9. The molecule has 0 radical (unpaired) electrons. The van der Waals surface area contributed by atoms with Crippen molar-refractivity contribution in [2.75, 3.05) is 30.3 Å². The molecule has 1 rings (SSSR count). The molecule has 0 saturated heterocycles. The van der Waals surface area contributed by atoms with Crippen molar-refractivity contribution < 1.29 is 18.7 Å². The topological polar surface area (TPSA) is 70.7 Å². The number of carbonyl (C=O) groups is 2. The van der Waals surface area contributed by atoms with Crippen LogP contribution in [0.15, 0.2) is 18.2 Å². The van der Waals surface area contributed by atoms with Crippen molar-refractivity contribution in [1.82, 2.24) is 4.90 Å². The molecule has 1 aromatic rings. The van der Waals surface area contributed by atoms with Crippen LogP contribution in [0.4, 0.5) is 20.6 Å². The van der Waals surface area contributed by atoms with E-state index in [1.54, 1.807) is 20.8 Å². The van der Waals surface area contributed by atoms with E-state index in [1.165, 1.54) is 18.2 Å². The molecule has 0 bridgehead atoms. The zero-order valence-electron chi connectivity index (χ0n) is 14.9.